The van der Waals surface area contributed by atoms with E-state index in [0.717, 1.165) is 66.8 Å². The number of rotatable bonds is 5. The van der Waals surface area contributed by atoms with Crippen molar-refractivity contribution >= 4 is 75.9 Å². The molecule has 1 aliphatic heterocycles. The van der Waals surface area contributed by atoms with E-state index in [1.165, 1.54) is 36.7 Å². The quantitative estimate of drug-likeness (QED) is 0.193. The molecule has 10 aromatic rings. The highest BCUT2D eigenvalue weighted by Gasteiger charge is 2.24. The lowest BCUT2D eigenvalue weighted by atomic mass is 9.98. The maximum Gasteiger partial charge on any atom is 0.170 e. The second-order valence-electron chi connectivity index (χ2n) is 13.8. The SMILES string of the molecule is c1ccc(-c2ccc(C3=NC(c4cccc5oc6ccc(-c7ccc8sc9ccccc9c8c7)cc6c45)N=C(c4ccc5ccccc5c4)N3)cc2)cc1. The topological polar surface area (TPSA) is 49.9 Å². The number of aliphatic imine (C=N–C) groups is 2. The number of benzene rings is 8. The first-order valence-corrected chi connectivity index (χ1v) is 19.0. The molecule has 3 heterocycles. The molecule has 0 saturated carbocycles. The average Bonchev–Trinajstić information content (AvgIpc) is 3.81. The van der Waals surface area contributed by atoms with Crippen molar-refractivity contribution in [2.24, 2.45) is 9.98 Å². The van der Waals surface area contributed by atoms with E-state index in [4.69, 9.17) is 14.4 Å². The molecule has 4 nitrogen and oxygen atoms in total. The van der Waals surface area contributed by atoms with Crippen LogP contribution >= 0.6 is 11.3 Å². The van der Waals surface area contributed by atoms with Gasteiger partial charge in [-0.3, -0.25) is 0 Å². The summed E-state index contributed by atoms with van der Waals surface area (Å²) in [6.07, 6.45) is -0.502. The Morgan fingerprint density at radius 1 is 0.426 bits per heavy atom. The normalized spacial score (nSPS) is 14.5. The third-order valence-corrected chi connectivity index (χ3v) is 11.7. The van der Waals surface area contributed by atoms with Crippen LogP contribution < -0.4 is 5.32 Å². The molecule has 8 aromatic carbocycles. The van der Waals surface area contributed by atoms with Crippen LogP contribution in [0.25, 0.3) is 75.1 Å². The molecule has 11 rings (SSSR count). The summed E-state index contributed by atoms with van der Waals surface area (Å²) in [5, 5.41) is 10.6. The average molecular weight is 710 g/mol. The van der Waals surface area contributed by atoms with Crippen LogP contribution in [-0.4, -0.2) is 11.7 Å². The van der Waals surface area contributed by atoms with Crippen LogP contribution in [-0.2, 0) is 0 Å². The van der Waals surface area contributed by atoms with Gasteiger partial charge in [0.2, 0.25) is 0 Å². The summed E-state index contributed by atoms with van der Waals surface area (Å²) in [6, 6.07) is 62.2. The molecule has 0 radical (unpaired) electrons. The van der Waals surface area contributed by atoms with Crippen molar-refractivity contribution in [3.8, 4) is 22.3 Å². The van der Waals surface area contributed by atoms with E-state index in [1.54, 1.807) is 0 Å². The van der Waals surface area contributed by atoms with Crippen molar-refractivity contribution in [2.75, 3.05) is 0 Å². The first kappa shape index (κ1) is 30.8. The van der Waals surface area contributed by atoms with E-state index in [1.807, 2.05) is 29.5 Å². The lowest BCUT2D eigenvalue weighted by molar-refractivity contribution is 0.667. The summed E-state index contributed by atoms with van der Waals surface area (Å²) in [6.45, 7) is 0. The molecular weight excluding hydrogens is 679 g/mol. The molecule has 1 aliphatic rings. The Hall–Kier alpha value is -6.82. The highest BCUT2D eigenvalue weighted by Crippen LogP contribution is 2.41. The van der Waals surface area contributed by atoms with Crippen molar-refractivity contribution in [1.82, 2.24) is 5.32 Å². The molecule has 0 aliphatic carbocycles. The number of hydrogen-bond acceptors (Lipinski definition) is 5. The zero-order valence-corrected chi connectivity index (χ0v) is 29.8. The first-order valence-electron chi connectivity index (χ1n) is 18.2. The molecule has 0 amide bonds. The number of nitrogens with one attached hydrogen (secondary N) is 1. The van der Waals surface area contributed by atoms with Gasteiger partial charge in [0.1, 0.15) is 22.8 Å². The summed E-state index contributed by atoms with van der Waals surface area (Å²) in [4.78, 5) is 10.6. The zero-order valence-electron chi connectivity index (χ0n) is 29.0. The number of fused-ring (bicyclic) bond motifs is 7. The largest absolute Gasteiger partial charge is 0.456 e. The van der Waals surface area contributed by atoms with E-state index in [2.05, 4.69) is 163 Å². The summed E-state index contributed by atoms with van der Waals surface area (Å²) in [5.74, 6) is 1.56. The highest BCUT2D eigenvalue weighted by molar-refractivity contribution is 7.25. The molecular formula is C49H31N3OS. The standard InChI is InChI=1S/C49H31N3OS/c1-2-9-30(10-3-1)32-17-20-33(21-18-32)47-50-48(37-22-19-31-11-4-5-12-34(31)27-37)52-49(51-47)39-14-8-15-43-46(39)41-29-35(23-25-42(41)53-43)36-24-26-45-40(28-36)38-13-6-7-16-44(38)54-45/h1-29,49H,(H,50,51,52). The molecule has 2 aromatic heterocycles. The number of nitrogens with zero attached hydrogens (tertiary/aromatic N) is 2. The van der Waals surface area contributed by atoms with E-state index >= 15 is 0 Å². The molecule has 0 fully saturated rings. The van der Waals surface area contributed by atoms with Crippen LogP contribution in [0.3, 0.4) is 0 Å². The molecule has 1 N–H and O–H groups in total. The Bertz CT molecular complexity index is 3140. The Labute approximate surface area is 315 Å². The minimum atomic E-state index is -0.502. The van der Waals surface area contributed by atoms with Crippen LogP contribution in [0.4, 0.5) is 0 Å². The Morgan fingerprint density at radius 3 is 1.94 bits per heavy atom. The van der Waals surface area contributed by atoms with Gasteiger partial charge in [-0.15, -0.1) is 11.3 Å². The molecule has 54 heavy (non-hydrogen) atoms. The smallest absolute Gasteiger partial charge is 0.170 e. The Morgan fingerprint density at radius 2 is 1.07 bits per heavy atom. The van der Waals surface area contributed by atoms with Gasteiger partial charge in [-0.05, 0) is 75.5 Å². The number of thiophene rings is 1. The van der Waals surface area contributed by atoms with Gasteiger partial charge >= 0.3 is 0 Å². The Kier molecular flexibility index (Phi) is 7.07. The fourth-order valence-electron chi connectivity index (χ4n) is 7.82. The first-order chi connectivity index (χ1) is 26.7. The van der Waals surface area contributed by atoms with Crippen LogP contribution in [0.2, 0.25) is 0 Å². The third-order valence-electron chi connectivity index (χ3n) is 10.5. The maximum atomic E-state index is 6.51. The van der Waals surface area contributed by atoms with Gasteiger partial charge in [0, 0.05) is 47.6 Å². The van der Waals surface area contributed by atoms with Gasteiger partial charge in [0.25, 0.3) is 0 Å². The van der Waals surface area contributed by atoms with E-state index in [0.29, 0.717) is 0 Å². The van der Waals surface area contributed by atoms with Gasteiger partial charge in [-0.2, -0.15) is 0 Å². The summed E-state index contributed by atoms with van der Waals surface area (Å²) < 4.78 is 9.11. The predicted molar refractivity (Wildman–Crippen MR) is 227 cm³/mol. The second-order valence-corrected chi connectivity index (χ2v) is 14.9. The molecule has 0 bridgehead atoms. The van der Waals surface area contributed by atoms with Crippen molar-refractivity contribution in [3.05, 3.63) is 193 Å². The van der Waals surface area contributed by atoms with Crippen LogP contribution in [0.5, 0.6) is 0 Å². The van der Waals surface area contributed by atoms with Gasteiger partial charge in [-0.1, -0.05) is 133 Å². The molecule has 5 heteroatoms. The maximum absolute atomic E-state index is 6.51. The van der Waals surface area contributed by atoms with Crippen LogP contribution in [0.15, 0.2) is 190 Å². The van der Waals surface area contributed by atoms with Crippen molar-refractivity contribution in [2.45, 2.75) is 6.17 Å². The van der Waals surface area contributed by atoms with E-state index in [9.17, 15) is 0 Å². The lowest BCUT2D eigenvalue weighted by Crippen LogP contribution is -2.36. The van der Waals surface area contributed by atoms with E-state index in [-0.39, 0.29) is 0 Å². The second kappa shape index (κ2) is 12.4. The van der Waals surface area contributed by atoms with Crippen molar-refractivity contribution in [3.63, 3.8) is 0 Å². The third kappa shape index (κ3) is 5.20. The lowest BCUT2D eigenvalue weighted by Gasteiger charge is -2.23. The monoisotopic (exact) mass is 709 g/mol. The predicted octanol–water partition coefficient (Wildman–Crippen LogP) is 12.9. The van der Waals surface area contributed by atoms with Gasteiger partial charge in [0.05, 0.1) is 0 Å². The molecule has 1 atom stereocenters. The number of amidine groups is 2. The summed E-state index contributed by atoms with van der Waals surface area (Å²) in [5.41, 5.74) is 9.34. The van der Waals surface area contributed by atoms with Crippen LogP contribution in [0.1, 0.15) is 22.9 Å². The highest BCUT2D eigenvalue weighted by atomic mass is 32.1. The summed E-state index contributed by atoms with van der Waals surface area (Å²) >= 11 is 1.84. The number of furan rings is 1. The van der Waals surface area contributed by atoms with Crippen molar-refractivity contribution < 1.29 is 4.42 Å². The minimum absolute atomic E-state index is 0.502. The summed E-state index contributed by atoms with van der Waals surface area (Å²) in [7, 11) is 0. The van der Waals surface area contributed by atoms with Gasteiger partial charge in [-0.25, -0.2) is 9.98 Å². The van der Waals surface area contributed by atoms with Crippen molar-refractivity contribution in [1.29, 1.82) is 0 Å². The molecule has 0 spiro atoms. The molecule has 0 saturated heterocycles. The van der Waals surface area contributed by atoms with E-state index < -0.39 is 6.17 Å². The Balaban J connectivity index is 1.06. The van der Waals surface area contributed by atoms with Gasteiger partial charge < -0.3 is 9.73 Å². The fraction of sp³-hybridized carbons (Fsp3) is 0.0204. The minimum Gasteiger partial charge on any atom is -0.456 e. The van der Waals surface area contributed by atoms with Gasteiger partial charge in [0.15, 0.2) is 6.17 Å². The molecule has 1 unspecified atom stereocenters. The van der Waals surface area contributed by atoms with Crippen LogP contribution in [0, 0.1) is 0 Å². The zero-order chi connectivity index (χ0) is 35.6. The fourth-order valence-corrected chi connectivity index (χ4v) is 8.91. The number of hydrogen-bond donors (Lipinski definition) is 1. The molecule has 254 valence electrons.